The molecule has 0 spiro atoms. The third kappa shape index (κ3) is 4.78. The Hall–Kier alpha value is -1.69. The van der Waals surface area contributed by atoms with Crippen molar-refractivity contribution in [3.05, 3.63) is 46.5 Å². The van der Waals surface area contributed by atoms with Crippen LogP contribution in [0, 0.1) is 0 Å². The average Bonchev–Trinajstić information content (AvgIpc) is 2.56. The lowest BCUT2D eigenvalue weighted by Crippen LogP contribution is -2.12. The number of aromatic hydroxyl groups is 2. The van der Waals surface area contributed by atoms with E-state index in [0.29, 0.717) is 20.9 Å². The van der Waals surface area contributed by atoms with Gasteiger partial charge in [0.1, 0.15) is 11.5 Å². The van der Waals surface area contributed by atoms with Gasteiger partial charge in [-0.25, -0.2) is 0 Å². The molecule has 2 rings (SSSR count). The van der Waals surface area contributed by atoms with E-state index in [2.05, 4.69) is 41.5 Å². The lowest BCUT2D eigenvalue weighted by atomic mass is 9.86. The SMILES string of the molecule is CC(C)(C)c1cc(CO)c(O)c(Sc2cc(C(C)(C)C)cc(CO)c2O)c1. The van der Waals surface area contributed by atoms with Gasteiger partial charge in [0.05, 0.1) is 23.0 Å². The smallest absolute Gasteiger partial charge is 0.135 e. The summed E-state index contributed by atoms with van der Waals surface area (Å²) in [5, 5.41) is 40.4. The highest BCUT2D eigenvalue weighted by atomic mass is 32.2. The van der Waals surface area contributed by atoms with Gasteiger partial charge in [-0.05, 0) is 46.2 Å². The number of phenols is 2. The Morgan fingerprint density at radius 1 is 0.667 bits per heavy atom. The highest BCUT2D eigenvalue weighted by Gasteiger charge is 2.22. The van der Waals surface area contributed by atoms with Crippen molar-refractivity contribution in [2.24, 2.45) is 0 Å². The molecule has 0 atom stereocenters. The van der Waals surface area contributed by atoms with Crippen LogP contribution in [-0.4, -0.2) is 20.4 Å². The monoisotopic (exact) mass is 390 g/mol. The Bertz CT molecular complexity index is 760. The Labute approximate surface area is 165 Å². The zero-order valence-electron chi connectivity index (χ0n) is 16.9. The maximum Gasteiger partial charge on any atom is 0.135 e. The number of aliphatic hydroxyl groups excluding tert-OH is 2. The predicted octanol–water partition coefficient (Wildman–Crippen LogP) is 4.83. The van der Waals surface area contributed by atoms with Crippen molar-refractivity contribution in [2.45, 2.75) is 75.4 Å². The van der Waals surface area contributed by atoms with Gasteiger partial charge in [0.2, 0.25) is 0 Å². The van der Waals surface area contributed by atoms with Crippen molar-refractivity contribution in [2.75, 3.05) is 0 Å². The number of benzene rings is 2. The van der Waals surface area contributed by atoms with Crippen LogP contribution in [0.3, 0.4) is 0 Å². The van der Waals surface area contributed by atoms with E-state index in [1.807, 2.05) is 24.3 Å². The molecule has 0 aromatic heterocycles. The zero-order valence-corrected chi connectivity index (χ0v) is 17.7. The summed E-state index contributed by atoms with van der Waals surface area (Å²) in [4.78, 5) is 1.13. The third-order valence-corrected chi connectivity index (χ3v) is 5.66. The largest absolute Gasteiger partial charge is 0.506 e. The molecule has 0 aliphatic rings. The predicted molar refractivity (Wildman–Crippen MR) is 110 cm³/mol. The van der Waals surface area contributed by atoms with Crippen molar-refractivity contribution in [3.63, 3.8) is 0 Å². The van der Waals surface area contributed by atoms with Gasteiger partial charge in [-0.15, -0.1) is 0 Å². The van der Waals surface area contributed by atoms with Gasteiger partial charge in [0.15, 0.2) is 0 Å². The Morgan fingerprint density at radius 3 is 1.26 bits per heavy atom. The van der Waals surface area contributed by atoms with Gasteiger partial charge in [-0.2, -0.15) is 0 Å². The van der Waals surface area contributed by atoms with Crippen LogP contribution < -0.4 is 0 Å². The summed E-state index contributed by atoms with van der Waals surface area (Å²) in [6.07, 6.45) is 0. The van der Waals surface area contributed by atoms with E-state index in [0.717, 1.165) is 11.1 Å². The third-order valence-electron chi connectivity index (χ3n) is 4.60. The van der Waals surface area contributed by atoms with Crippen molar-refractivity contribution < 1.29 is 20.4 Å². The second-order valence-corrected chi connectivity index (χ2v) is 9.97. The van der Waals surface area contributed by atoms with Crippen LogP contribution in [0.4, 0.5) is 0 Å². The van der Waals surface area contributed by atoms with Crippen LogP contribution in [0.1, 0.15) is 63.8 Å². The highest BCUT2D eigenvalue weighted by Crippen LogP contribution is 2.45. The molecule has 0 bridgehead atoms. The molecule has 0 fully saturated rings. The molecule has 0 aliphatic carbocycles. The maximum absolute atomic E-state index is 10.6. The molecule has 0 amide bonds. The summed E-state index contributed by atoms with van der Waals surface area (Å²) in [7, 11) is 0. The van der Waals surface area contributed by atoms with Gasteiger partial charge in [-0.1, -0.05) is 53.3 Å². The van der Waals surface area contributed by atoms with Crippen LogP contribution in [0.5, 0.6) is 11.5 Å². The van der Waals surface area contributed by atoms with E-state index in [9.17, 15) is 20.4 Å². The number of hydrogen-bond donors (Lipinski definition) is 4. The molecule has 2 aromatic carbocycles. The molecule has 5 heteroatoms. The summed E-state index contributed by atoms with van der Waals surface area (Å²) >= 11 is 1.24. The van der Waals surface area contributed by atoms with E-state index in [-0.39, 0.29) is 35.5 Å². The Morgan fingerprint density at radius 2 is 1.00 bits per heavy atom. The summed E-state index contributed by atoms with van der Waals surface area (Å²) in [5.74, 6) is 0.0308. The lowest BCUT2D eigenvalue weighted by molar-refractivity contribution is 0.274. The fourth-order valence-electron chi connectivity index (χ4n) is 2.71. The first-order valence-electron chi connectivity index (χ1n) is 9.00. The molecule has 148 valence electrons. The van der Waals surface area contributed by atoms with E-state index in [1.165, 1.54) is 11.8 Å². The van der Waals surface area contributed by atoms with Crippen LogP contribution in [0.2, 0.25) is 0 Å². The second-order valence-electron chi connectivity index (χ2n) is 8.88. The molecule has 0 unspecified atom stereocenters. The molecule has 0 saturated heterocycles. The van der Waals surface area contributed by atoms with Gasteiger partial charge in [0.25, 0.3) is 0 Å². The van der Waals surface area contributed by atoms with Crippen LogP contribution >= 0.6 is 11.8 Å². The minimum atomic E-state index is -0.265. The maximum atomic E-state index is 10.6. The standard InChI is InChI=1S/C22H30O4S/c1-21(2,3)15-7-13(11-23)19(25)17(9-15)27-18-10-16(22(4,5)6)8-14(12-24)20(18)26/h7-10,23-26H,11-12H2,1-6H3. The summed E-state index contributed by atoms with van der Waals surface area (Å²) in [5.41, 5.74) is 2.58. The van der Waals surface area contributed by atoms with Crippen LogP contribution in [0.25, 0.3) is 0 Å². The first-order valence-corrected chi connectivity index (χ1v) is 9.82. The minimum Gasteiger partial charge on any atom is -0.506 e. The lowest BCUT2D eigenvalue weighted by Gasteiger charge is -2.23. The van der Waals surface area contributed by atoms with Gasteiger partial charge < -0.3 is 20.4 Å². The number of aliphatic hydroxyl groups is 2. The van der Waals surface area contributed by atoms with Gasteiger partial charge in [0, 0.05) is 11.1 Å². The molecule has 0 saturated carbocycles. The number of hydrogen-bond acceptors (Lipinski definition) is 5. The minimum absolute atomic E-state index is 0.0154. The average molecular weight is 391 g/mol. The normalized spacial score (nSPS) is 12.4. The van der Waals surface area contributed by atoms with E-state index in [1.54, 1.807) is 0 Å². The van der Waals surface area contributed by atoms with Crippen molar-refractivity contribution >= 4 is 11.8 Å². The molecule has 0 heterocycles. The van der Waals surface area contributed by atoms with E-state index in [4.69, 9.17) is 0 Å². The fourth-order valence-corrected chi connectivity index (χ4v) is 3.78. The van der Waals surface area contributed by atoms with Crippen molar-refractivity contribution in [3.8, 4) is 11.5 Å². The van der Waals surface area contributed by atoms with Gasteiger partial charge >= 0.3 is 0 Å². The zero-order chi connectivity index (χ0) is 20.6. The first-order chi connectivity index (χ1) is 12.4. The molecule has 4 nitrogen and oxygen atoms in total. The molecular formula is C22H30O4S. The summed E-state index contributed by atoms with van der Waals surface area (Å²) < 4.78 is 0. The molecule has 4 N–H and O–H groups in total. The Kier molecular flexibility index (Phi) is 6.19. The molecule has 2 aromatic rings. The summed E-state index contributed by atoms with van der Waals surface area (Å²) in [6.45, 7) is 11.9. The first kappa shape index (κ1) is 21.6. The molecule has 0 radical (unpaired) electrons. The van der Waals surface area contributed by atoms with Crippen molar-refractivity contribution in [1.29, 1.82) is 0 Å². The highest BCUT2D eigenvalue weighted by molar-refractivity contribution is 7.99. The Balaban J connectivity index is 2.63. The topological polar surface area (TPSA) is 80.9 Å². The second kappa shape index (κ2) is 7.74. The molecule has 27 heavy (non-hydrogen) atoms. The van der Waals surface area contributed by atoms with Gasteiger partial charge in [-0.3, -0.25) is 0 Å². The fraction of sp³-hybridized carbons (Fsp3) is 0.455. The number of rotatable bonds is 4. The van der Waals surface area contributed by atoms with E-state index >= 15 is 0 Å². The quantitative estimate of drug-likeness (QED) is 0.601. The van der Waals surface area contributed by atoms with Crippen LogP contribution in [0.15, 0.2) is 34.1 Å². The van der Waals surface area contributed by atoms with Crippen LogP contribution in [-0.2, 0) is 24.0 Å². The van der Waals surface area contributed by atoms with Crippen molar-refractivity contribution in [1.82, 2.24) is 0 Å². The molecular weight excluding hydrogens is 360 g/mol. The van der Waals surface area contributed by atoms with E-state index < -0.39 is 0 Å². The summed E-state index contributed by atoms with van der Waals surface area (Å²) in [6, 6.07) is 7.40. The molecule has 0 aliphatic heterocycles.